The number of H-pyrrole nitrogens is 2. The van der Waals surface area contributed by atoms with Crippen LogP contribution in [0, 0.1) is 10.8 Å². The highest BCUT2D eigenvalue weighted by Gasteiger charge is 2.24. The van der Waals surface area contributed by atoms with E-state index in [1.165, 1.54) is 32.9 Å². The van der Waals surface area contributed by atoms with Gasteiger partial charge in [-0.3, -0.25) is 10.2 Å². The lowest BCUT2D eigenvalue weighted by atomic mass is 9.91. The fourth-order valence-corrected chi connectivity index (χ4v) is 4.13. The van der Waals surface area contributed by atoms with Crippen LogP contribution in [-0.2, 0) is 19.4 Å². The monoisotopic (exact) mass is 319 g/mol. The summed E-state index contributed by atoms with van der Waals surface area (Å²) in [6, 6.07) is 0. The van der Waals surface area contributed by atoms with Gasteiger partial charge in [0.05, 0.1) is 5.69 Å². The molecule has 5 heteroatoms. The summed E-state index contributed by atoms with van der Waals surface area (Å²) in [6.07, 6.45) is 10.8. The van der Waals surface area contributed by atoms with E-state index in [0.717, 1.165) is 48.9 Å². The van der Waals surface area contributed by atoms with E-state index < -0.39 is 0 Å². The van der Waals surface area contributed by atoms with Gasteiger partial charge in [-0.2, -0.15) is 5.10 Å². The predicted molar refractivity (Wildman–Crippen MR) is 92.9 cm³/mol. The second-order valence-corrected chi connectivity index (χ2v) is 6.60. The lowest BCUT2D eigenvalue weighted by molar-refractivity contribution is 0.584. The van der Waals surface area contributed by atoms with Crippen molar-refractivity contribution in [3.05, 3.63) is 56.1 Å². The first kappa shape index (κ1) is 13.8. The van der Waals surface area contributed by atoms with Gasteiger partial charge in [-0.1, -0.05) is 30.7 Å². The number of aryl methyl sites for hydroxylation is 2. The maximum absolute atomic E-state index is 5.03. The maximum Gasteiger partial charge on any atom is 0.176 e. The number of nitrogens with zero attached hydrogens (tertiary/aromatic N) is 3. The molecule has 2 aliphatic heterocycles. The molecule has 0 saturated carbocycles. The summed E-state index contributed by atoms with van der Waals surface area (Å²) >= 11 is 0. The molecule has 5 rings (SSSR count). The van der Waals surface area contributed by atoms with E-state index in [1.807, 2.05) is 4.68 Å². The Morgan fingerprint density at radius 3 is 2.96 bits per heavy atom. The zero-order chi connectivity index (χ0) is 16.3. The number of hydrogen-bond acceptors (Lipinski definition) is 2. The molecule has 2 heterocycles. The molecule has 0 saturated heterocycles. The minimum absolute atomic E-state index is 0.810. The summed E-state index contributed by atoms with van der Waals surface area (Å²) < 4.78 is 2.05. The van der Waals surface area contributed by atoms with Crippen LogP contribution in [0.3, 0.4) is 0 Å². The maximum atomic E-state index is 5.03. The van der Waals surface area contributed by atoms with Crippen LogP contribution in [0.1, 0.15) is 38.2 Å². The Kier molecular flexibility index (Phi) is 2.86. The van der Waals surface area contributed by atoms with Crippen molar-refractivity contribution in [2.24, 2.45) is 0 Å². The molecule has 0 aromatic heterocycles. The lowest BCUT2D eigenvalue weighted by Gasteiger charge is -2.14. The van der Waals surface area contributed by atoms with Gasteiger partial charge in [-0.25, -0.2) is 9.67 Å². The Morgan fingerprint density at radius 1 is 1.21 bits per heavy atom. The minimum atomic E-state index is 0.810. The van der Waals surface area contributed by atoms with Crippen LogP contribution in [0.5, 0.6) is 0 Å². The molecule has 0 atom stereocenters. The molecule has 0 spiro atoms. The third-order valence-electron chi connectivity index (χ3n) is 5.29. The first-order chi connectivity index (χ1) is 11.8. The number of aromatic amines is 2. The van der Waals surface area contributed by atoms with Crippen molar-refractivity contribution in [1.82, 2.24) is 25.0 Å². The minimum Gasteiger partial charge on any atom is -0.296 e. The van der Waals surface area contributed by atoms with Gasteiger partial charge in [-0.15, -0.1) is 0 Å². The van der Waals surface area contributed by atoms with E-state index in [9.17, 15) is 0 Å². The van der Waals surface area contributed by atoms with Crippen molar-refractivity contribution in [3.63, 3.8) is 0 Å². The van der Waals surface area contributed by atoms with Crippen molar-refractivity contribution >= 4 is 11.6 Å². The van der Waals surface area contributed by atoms with Crippen molar-refractivity contribution in [2.75, 3.05) is 0 Å². The van der Waals surface area contributed by atoms with Crippen molar-refractivity contribution in [3.8, 4) is 0 Å². The van der Waals surface area contributed by atoms with E-state index in [0.29, 0.717) is 0 Å². The van der Waals surface area contributed by atoms with Gasteiger partial charge in [0.15, 0.2) is 5.48 Å². The average molecular weight is 319 g/mol. The average Bonchev–Trinajstić information content (AvgIpc) is 3.22. The fraction of sp³-hybridized carbons (Fsp3) is 0.368. The molecule has 0 fully saturated rings. The van der Waals surface area contributed by atoms with Crippen LogP contribution >= 0.6 is 0 Å². The van der Waals surface area contributed by atoms with Gasteiger partial charge in [0.2, 0.25) is 0 Å². The Bertz CT molecular complexity index is 1150. The summed E-state index contributed by atoms with van der Waals surface area (Å²) in [5.74, 6) is 0.952. The molecule has 24 heavy (non-hydrogen) atoms. The summed E-state index contributed by atoms with van der Waals surface area (Å²) in [4.78, 5) is 4.83. The highest BCUT2D eigenvalue weighted by molar-refractivity contribution is 5.79. The number of fused-ring (bicyclic) bond motifs is 2. The summed E-state index contributed by atoms with van der Waals surface area (Å²) in [7, 11) is 0. The van der Waals surface area contributed by atoms with Gasteiger partial charge < -0.3 is 0 Å². The number of hydrogen-bond donors (Lipinski definition) is 2. The molecule has 5 nitrogen and oxygen atoms in total. The molecule has 0 unspecified atom stereocenters. The van der Waals surface area contributed by atoms with Crippen LogP contribution in [0.15, 0.2) is 23.3 Å². The SMILES string of the molecule is CCc1nc2n(CC)nc3c4c(c=2[nH][nH]1)=CCC=4C1=C(CC=C1)C3. The summed E-state index contributed by atoms with van der Waals surface area (Å²) in [5, 5.41) is 15.3. The summed E-state index contributed by atoms with van der Waals surface area (Å²) in [6.45, 7) is 5.05. The molecular weight excluding hydrogens is 298 g/mol. The Hall–Kier alpha value is -2.56. The number of rotatable bonds is 2. The van der Waals surface area contributed by atoms with Crippen LogP contribution < -0.4 is 10.4 Å². The molecule has 0 bridgehead atoms. The molecule has 0 amide bonds. The molecule has 2 N–H and O–H groups in total. The molecule has 5 aliphatic rings. The van der Waals surface area contributed by atoms with Crippen LogP contribution in [0.4, 0.5) is 0 Å². The Labute approximate surface area is 139 Å². The van der Waals surface area contributed by atoms with E-state index in [4.69, 9.17) is 10.1 Å². The zero-order valence-corrected chi connectivity index (χ0v) is 14.1. The molecular formula is C19H21N5. The first-order valence-corrected chi connectivity index (χ1v) is 8.82. The Balaban J connectivity index is 2.02. The quantitative estimate of drug-likeness (QED) is 0.881. The number of aromatic nitrogens is 5. The van der Waals surface area contributed by atoms with Gasteiger partial charge in [-0.05, 0) is 30.9 Å². The van der Waals surface area contributed by atoms with Crippen molar-refractivity contribution < 1.29 is 0 Å². The molecule has 0 aromatic rings. The van der Waals surface area contributed by atoms with Gasteiger partial charge in [0.25, 0.3) is 0 Å². The lowest BCUT2D eigenvalue weighted by Crippen LogP contribution is -2.31. The van der Waals surface area contributed by atoms with Gasteiger partial charge in [0.1, 0.15) is 11.2 Å². The summed E-state index contributed by atoms with van der Waals surface area (Å²) in [5.41, 5.74) is 6.54. The second-order valence-electron chi connectivity index (χ2n) is 6.60. The number of allylic oxidation sites excluding steroid dienone is 4. The second kappa shape index (κ2) is 4.97. The largest absolute Gasteiger partial charge is 0.296 e. The third-order valence-corrected chi connectivity index (χ3v) is 5.29. The smallest absolute Gasteiger partial charge is 0.176 e. The van der Waals surface area contributed by atoms with E-state index in [-0.39, 0.29) is 0 Å². The molecule has 122 valence electrons. The molecule has 0 radical (unpaired) electrons. The fourth-order valence-electron chi connectivity index (χ4n) is 4.13. The normalized spacial score (nSPS) is 17.3. The van der Waals surface area contributed by atoms with Crippen molar-refractivity contribution in [1.29, 1.82) is 0 Å². The van der Waals surface area contributed by atoms with Crippen LogP contribution in [-0.4, -0.2) is 25.0 Å². The van der Waals surface area contributed by atoms with E-state index in [1.54, 1.807) is 0 Å². The molecule has 0 aromatic carbocycles. The highest BCUT2D eigenvalue weighted by atomic mass is 15.3. The Morgan fingerprint density at radius 2 is 2.12 bits per heavy atom. The predicted octanol–water partition coefficient (Wildman–Crippen LogP) is 1.51. The molecule has 3 aliphatic carbocycles. The highest BCUT2D eigenvalue weighted by Crippen LogP contribution is 2.32. The van der Waals surface area contributed by atoms with Crippen LogP contribution in [0.25, 0.3) is 11.6 Å². The van der Waals surface area contributed by atoms with Crippen LogP contribution in [0.2, 0.25) is 0 Å². The van der Waals surface area contributed by atoms with E-state index in [2.05, 4.69) is 42.3 Å². The van der Waals surface area contributed by atoms with Gasteiger partial charge >= 0.3 is 0 Å². The first-order valence-electron chi connectivity index (χ1n) is 8.82. The number of nitrogens with one attached hydrogen (secondary N) is 2. The van der Waals surface area contributed by atoms with E-state index >= 15 is 0 Å². The third kappa shape index (κ3) is 1.75. The van der Waals surface area contributed by atoms with Gasteiger partial charge in [0, 0.05) is 29.8 Å². The zero-order valence-electron chi connectivity index (χ0n) is 14.1. The van der Waals surface area contributed by atoms with Crippen molar-refractivity contribution in [2.45, 2.75) is 46.1 Å². The standard InChI is InChI=1S/C19H21N5/c1-3-16-20-19-18(22-21-16)14-9-8-13-12-7-5-6-11(12)10-15(17(13)14)23-24(19)4-2/h5,7,9,22H,3-4,6,8,10H2,1-2H3,(H,20,21). The topological polar surface area (TPSA) is 62.3 Å².